The fraction of sp³-hybridized carbons (Fsp3) is 0.444. The van der Waals surface area contributed by atoms with Crippen LogP contribution in [0.1, 0.15) is 47.2 Å². The number of aryl methyl sites for hydroxylation is 3. The molecule has 0 radical (unpaired) electrons. The van der Waals surface area contributed by atoms with Crippen LogP contribution in [0.4, 0.5) is 0 Å². The van der Waals surface area contributed by atoms with E-state index in [9.17, 15) is 4.79 Å². The maximum absolute atomic E-state index is 12.2. The Bertz CT molecular complexity index is 980. The molecule has 3 aromatic heterocycles. The summed E-state index contributed by atoms with van der Waals surface area (Å²) in [6.45, 7) is 5.34. The van der Waals surface area contributed by atoms with Crippen molar-refractivity contribution in [2.24, 2.45) is 0 Å². The van der Waals surface area contributed by atoms with Crippen LogP contribution in [0.15, 0.2) is 12.3 Å². The van der Waals surface area contributed by atoms with Crippen LogP contribution in [-0.4, -0.2) is 30.1 Å². The van der Waals surface area contributed by atoms with Gasteiger partial charge in [0.2, 0.25) is 5.91 Å². The van der Waals surface area contributed by atoms with E-state index < -0.39 is 0 Å². The molecule has 1 N–H and O–H groups in total. The van der Waals surface area contributed by atoms with Crippen LogP contribution in [0.5, 0.6) is 0 Å². The highest BCUT2D eigenvalue weighted by atomic mass is 32.1. The Labute approximate surface area is 155 Å². The largest absolute Gasteiger partial charge is 0.345 e. The number of nitrogens with one attached hydrogen (secondary N) is 1. The number of aromatic nitrogens is 5. The fourth-order valence-corrected chi connectivity index (χ4v) is 4.22. The van der Waals surface area contributed by atoms with Crippen LogP contribution < -0.4 is 5.32 Å². The van der Waals surface area contributed by atoms with Crippen LogP contribution in [0.2, 0.25) is 0 Å². The summed E-state index contributed by atoms with van der Waals surface area (Å²) >= 11 is 1.64. The second-order valence-corrected chi connectivity index (χ2v) is 7.84. The van der Waals surface area contributed by atoms with Gasteiger partial charge in [0.1, 0.15) is 5.82 Å². The summed E-state index contributed by atoms with van der Waals surface area (Å²) in [5.74, 6) is 1.73. The molecule has 1 aliphatic rings. The number of hydrogen-bond donors (Lipinski definition) is 1. The van der Waals surface area contributed by atoms with Gasteiger partial charge in [-0.15, -0.1) is 21.5 Å². The average Bonchev–Trinajstić information content (AvgIpc) is 3.17. The molecule has 26 heavy (non-hydrogen) atoms. The number of thiazole rings is 1. The predicted molar refractivity (Wildman–Crippen MR) is 101 cm³/mol. The first kappa shape index (κ1) is 17.0. The van der Waals surface area contributed by atoms with Gasteiger partial charge in [0.15, 0.2) is 10.8 Å². The zero-order valence-electron chi connectivity index (χ0n) is 15.0. The van der Waals surface area contributed by atoms with Crippen LogP contribution in [0.25, 0.3) is 11.0 Å². The molecule has 0 aliphatic carbocycles. The summed E-state index contributed by atoms with van der Waals surface area (Å²) in [5, 5.41) is 11.4. The van der Waals surface area contributed by atoms with Gasteiger partial charge in [0.05, 0.1) is 17.9 Å². The number of rotatable bonds is 4. The van der Waals surface area contributed by atoms with Crippen molar-refractivity contribution < 1.29 is 4.79 Å². The Hall–Kier alpha value is -2.48. The normalized spacial score (nSPS) is 14.7. The molecule has 7 nitrogen and oxygen atoms in total. The van der Waals surface area contributed by atoms with E-state index in [-0.39, 0.29) is 5.91 Å². The average molecular weight is 370 g/mol. The standard InChI is InChI=1S/C18H22N6OS/c1-12-11-24-14(13(2)20-18(24)26-12)7-8-17(25)19-10-16-22-21-15-6-4-3-5-9-23(15)16/h7-8,11H,3-6,9-10H2,1-2H3,(H,19,25)/b8-7+. The minimum absolute atomic E-state index is 0.141. The molecule has 0 fully saturated rings. The molecule has 0 aromatic carbocycles. The Morgan fingerprint density at radius 1 is 1.31 bits per heavy atom. The van der Waals surface area contributed by atoms with E-state index in [4.69, 9.17) is 0 Å². The van der Waals surface area contributed by atoms with Gasteiger partial charge in [-0.3, -0.25) is 9.20 Å². The molecule has 1 aliphatic heterocycles. The Morgan fingerprint density at radius 2 is 2.19 bits per heavy atom. The van der Waals surface area contributed by atoms with E-state index in [2.05, 4.69) is 32.0 Å². The topological polar surface area (TPSA) is 77.1 Å². The minimum atomic E-state index is -0.141. The van der Waals surface area contributed by atoms with Crippen LogP contribution in [-0.2, 0) is 24.3 Å². The zero-order chi connectivity index (χ0) is 18.1. The first-order valence-electron chi connectivity index (χ1n) is 8.94. The fourth-order valence-electron chi connectivity index (χ4n) is 3.34. The molecule has 0 bridgehead atoms. The molecule has 4 heterocycles. The lowest BCUT2D eigenvalue weighted by molar-refractivity contribution is -0.116. The molecule has 3 aromatic rings. The van der Waals surface area contributed by atoms with Crippen molar-refractivity contribution in [1.82, 2.24) is 29.5 Å². The molecule has 0 saturated heterocycles. The third kappa shape index (κ3) is 3.29. The van der Waals surface area contributed by atoms with Crippen molar-refractivity contribution in [2.45, 2.75) is 52.6 Å². The van der Waals surface area contributed by atoms with E-state index in [0.29, 0.717) is 6.54 Å². The van der Waals surface area contributed by atoms with Crippen molar-refractivity contribution in [3.05, 3.63) is 40.2 Å². The highest BCUT2D eigenvalue weighted by molar-refractivity contribution is 7.17. The maximum atomic E-state index is 12.2. The zero-order valence-corrected chi connectivity index (χ0v) is 15.8. The SMILES string of the molecule is Cc1cn2c(/C=C/C(=O)NCc3nnc4n3CCCCC4)c(C)nc2s1. The Balaban J connectivity index is 1.43. The molecule has 0 unspecified atom stereocenters. The monoisotopic (exact) mass is 370 g/mol. The summed E-state index contributed by atoms with van der Waals surface area (Å²) < 4.78 is 4.17. The van der Waals surface area contributed by atoms with E-state index in [1.807, 2.05) is 23.6 Å². The molecule has 1 amide bonds. The van der Waals surface area contributed by atoms with Gasteiger partial charge in [-0.25, -0.2) is 4.98 Å². The number of imidazole rings is 1. The molecular formula is C18H22N6OS. The van der Waals surface area contributed by atoms with Crippen molar-refractivity contribution >= 4 is 28.3 Å². The van der Waals surface area contributed by atoms with Gasteiger partial charge in [-0.05, 0) is 32.8 Å². The number of nitrogens with zero attached hydrogens (tertiary/aromatic N) is 5. The summed E-state index contributed by atoms with van der Waals surface area (Å²) in [4.78, 5) is 18.9. The van der Waals surface area contributed by atoms with Gasteiger partial charge in [-0.1, -0.05) is 6.42 Å². The van der Waals surface area contributed by atoms with Crippen LogP contribution in [0.3, 0.4) is 0 Å². The molecule has 0 saturated carbocycles. The molecule has 136 valence electrons. The molecule has 0 atom stereocenters. The maximum Gasteiger partial charge on any atom is 0.244 e. The second kappa shape index (κ2) is 7.03. The molecular weight excluding hydrogens is 348 g/mol. The number of hydrogen-bond acceptors (Lipinski definition) is 5. The summed E-state index contributed by atoms with van der Waals surface area (Å²) in [6, 6.07) is 0. The van der Waals surface area contributed by atoms with E-state index in [0.717, 1.165) is 53.8 Å². The van der Waals surface area contributed by atoms with Gasteiger partial charge in [0, 0.05) is 30.1 Å². The summed E-state index contributed by atoms with van der Waals surface area (Å²) in [5.41, 5.74) is 1.86. The van der Waals surface area contributed by atoms with Crippen LogP contribution >= 0.6 is 11.3 Å². The number of amides is 1. The number of carbonyl (C=O) groups is 1. The number of carbonyl (C=O) groups excluding carboxylic acids is 1. The van der Waals surface area contributed by atoms with Gasteiger partial charge in [-0.2, -0.15) is 0 Å². The first-order valence-corrected chi connectivity index (χ1v) is 9.75. The van der Waals surface area contributed by atoms with Crippen LogP contribution in [0, 0.1) is 13.8 Å². The lowest BCUT2D eigenvalue weighted by Crippen LogP contribution is -2.23. The quantitative estimate of drug-likeness (QED) is 0.716. The third-order valence-electron chi connectivity index (χ3n) is 4.66. The van der Waals surface area contributed by atoms with Gasteiger partial charge >= 0.3 is 0 Å². The minimum Gasteiger partial charge on any atom is -0.345 e. The first-order chi connectivity index (χ1) is 12.6. The van der Waals surface area contributed by atoms with E-state index in [1.165, 1.54) is 11.3 Å². The third-order valence-corrected chi connectivity index (χ3v) is 5.56. The molecule has 0 spiro atoms. The molecule has 4 rings (SSSR count). The summed E-state index contributed by atoms with van der Waals surface area (Å²) in [7, 11) is 0. The lowest BCUT2D eigenvalue weighted by Gasteiger charge is -2.07. The molecule has 8 heteroatoms. The van der Waals surface area contributed by atoms with E-state index >= 15 is 0 Å². The Morgan fingerprint density at radius 3 is 3.08 bits per heavy atom. The second-order valence-electron chi connectivity index (χ2n) is 6.62. The predicted octanol–water partition coefficient (Wildman–Crippen LogP) is 2.66. The Kier molecular flexibility index (Phi) is 4.58. The number of fused-ring (bicyclic) bond motifs is 2. The smallest absolute Gasteiger partial charge is 0.244 e. The van der Waals surface area contributed by atoms with Gasteiger partial charge in [0.25, 0.3) is 0 Å². The van der Waals surface area contributed by atoms with E-state index in [1.54, 1.807) is 17.4 Å². The van der Waals surface area contributed by atoms with Crippen molar-refractivity contribution in [2.75, 3.05) is 0 Å². The van der Waals surface area contributed by atoms with Gasteiger partial charge < -0.3 is 9.88 Å². The highest BCUT2D eigenvalue weighted by Crippen LogP contribution is 2.21. The summed E-state index contributed by atoms with van der Waals surface area (Å²) in [6.07, 6.45) is 9.92. The van der Waals surface area contributed by atoms with Crippen molar-refractivity contribution in [3.63, 3.8) is 0 Å². The van der Waals surface area contributed by atoms with Crippen molar-refractivity contribution in [1.29, 1.82) is 0 Å². The highest BCUT2D eigenvalue weighted by Gasteiger charge is 2.15. The van der Waals surface area contributed by atoms with Crippen molar-refractivity contribution in [3.8, 4) is 0 Å². The lowest BCUT2D eigenvalue weighted by atomic mass is 10.2.